The molecule has 0 bridgehead atoms. The number of piperidine rings is 1. The van der Waals surface area contributed by atoms with Crippen LogP contribution >= 0.6 is 0 Å². The minimum Gasteiger partial charge on any atom is -0.360 e. The fourth-order valence-electron chi connectivity index (χ4n) is 4.59. The predicted molar refractivity (Wildman–Crippen MR) is 136 cm³/mol. The molecule has 0 unspecified atom stereocenters. The number of benzene rings is 2. The molecule has 0 atom stereocenters. The Morgan fingerprint density at radius 1 is 1.03 bits per heavy atom. The number of carbonyl (C=O) groups is 1. The molecule has 2 heterocycles. The second-order valence-electron chi connectivity index (χ2n) is 9.17. The largest absolute Gasteiger partial charge is 0.360 e. The quantitative estimate of drug-likeness (QED) is 0.501. The van der Waals surface area contributed by atoms with Crippen molar-refractivity contribution in [3.63, 3.8) is 0 Å². The molecular weight excluding hydrogens is 464 g/mol. The van der Waals surface area contributed by atoms with Gasteiger partial charge in [-0.1, -0.05) is 23.4 Å². The zero-order valence-electron chi connectivity index (χ0n) is 20.6. The van der Waals surface area contributed by atoms with Crippen LogP contribution in [0.15, 0.2) is 64.0 Å². The van der Waals surface area contributed by atoms with E-state index in [1.165, 1.54) is 4.31 Å². The Morgan fingerprint density at radius 2 is 1.63 bits per heavy atom. The maximum Gasteiger partial charge on any atom is 0.248 e. The maximum atomic E-state index is 13.5. The third-order valence-electron chi connectivity index (χ3n) is 6.33. The van der Waals surface area contributed by atoms with Crippen molar-refractivity contribution >= 4 is 33.0 Å². The van der Waals surface area contributed by atoms with Gasteiger partial charge >= 0.3 is 0 Å². The van der Waals surface area contributed by atoms with Crippen LogP contribution in [0.25, 0.3) is 0 Å². The van der Waals surface area contributed by atoms with Gasteiger partial charge in [0.25, 0.3) is 0 Å². The van der Waals surface area contributed by atoms with Crippen molar-refractivity contribution < 1.29 is 17.7 Å². The normalized spacial score (nSPS) is 15.3. The van der Waals surface area contributed by atoms with Gasteiger partial charge in [-0.2, -0.15) is 4.31 Å². The standard InChI is InChI=1S/C26H32N4O4S/c1-18(2)30(24-12-10-23(11-13-24)27-22-8-6-5-7-9-22)26(31)21-14-16-29(17-15-21)35(32,33)25-19(3)28-34-20(25)4/h5-13,18,21,27H,14-17H2,1-4H3. The van der Waals surface area contributed by atoms with E-state index >= 15 is 0 Å². The number of hydrogen-bond acceptors (Lipinski definition) is 6. The van der Waals surface area contributed by atoms with Crippen LogP contribution in [0.3, 0.4) is 0 Å². The molecule has 1 saturated heterocycles. The van der Waals surface area contributed by atoms with E-state index in [4.69, 9.17) is 4.52 Å². The van der Waals surface area contributed by atoms with Gasteiger partial charge in [-0.25, -0.2) is 8.42 Å². The molecule has 35 heavy (non-hydrogen) atoms. The van der Waals surface area contributed by atoms with Gasteiger partial charge in [0.15, 0.2) is 5.76 Å². The molecule has 186 valence electrons. The summed E-state index contributed by atoms with van der Waals surface area (Å²) >= 11 is 0. The van der Waals surface area contributed by atoms with Gasteiger partial charge in [-0.3, -0.25) is 4.79 Å². The summed E-state index contributed by atoms with van der Waals surface area (Å²) in [6.07, 6.45) is 0.941. The molecule has 2 aromatic carbocycles. The third kappa shape index (κ3) is 5.26. The molecule has 8 nitrogen and oxygen atoms in total. The van der Waals surface area contributed by atoms with Crippen molar-refractivity contribution in [3.05, 3.63) is 66.1 Å². The van der Waals surface area contributed by atoms with Crippen molar-refractivity contribution in [1.29, 1.82) is 0 Å². The van der Waals surface area contributed by atoms with Gasteiger partial charge < -0.3 is 14.7 Å². The number of carbonyl (C=O) groups excluding carboxylic acids is 1. The van der Waals surface area contributed by atoms with Crippen LogP contribution in [0.2, 0.25) is 0 Å². The summed E-state index contributed by atoms with van der Waals surface area (Å²) in [5.74, 6) is 0.0747. The predicted octanol–water partition coefficient (Wildman–Crippen LogP) is 4.88. The average Bonchev–Trinajstić information content (AvgIpc) is 3.19. The monoisotopic (exact) mass is 496 g/mol. The first-order valence-electron chi connectivity index (χ1n) is 11.9. The van der Waals surface area contributed by atoms with Crippen LogP contribution in [0.5, 0.6) is 0 Å². The van der Waals surface area contributed by atoms with Crippen molar-refractivity contribution in [3.8, 4) is 0 Å². The van der Waals surface area contributed by atoms with Gasteiger partial charge in [0.2, 0.25) is 15.9 Å². The summed E-state index contributed by atoms with van der Waals surface area (Å²) in [6, 6.07) is 17.7. The van der Waals surface area contributed by atoms with E-state index in [-0.39, 0.29) is 41.6 Å². The number of para-hydroxylation sites is 1. The van der Waals surface area contributed by atoms with E-state index in [2.05, 4.69) is 10.5 Å². The van der Waals surface area contributed by atoms with Crippen molar-refractivity contribution in [2.24, 2.45) is 5.92 Å². The van der Waals surface area contributed by atoms with Crippen LogP contribution in [0.4, 0.5) is 17.1 Å². The Bertz CT molecular complexity index is 1240. The Kier molecular flexibility index (Phi) is 7.28. The summed E-state index contributed by atoms with van der Waals surface area (Å²) < 4.78 is 32.7. The number of aromatic nitrogens is 1. The summed E-state index contributed by atoms with van der Waals surface area (Å²) in [7, 11) is -3.70. The van der Waals surface area contributed by atoms with Crippen molar-refractivity contribution in [1.82, 2.24) is 9.46 Å². The fourth-order valence-corrected chi connectivity index (χ4v) is 6.35. The van der Waals surface area contributed by atoms with Gasteiger partial charge in [0.1, 0.15) is 10.6 Å². The lowest BCUT2D eigenvalue weighted by atomic mass is 9.95. The van der Waals surface area contributed by atoms with E-state index in [1.54, 1.807) is 13.8 Å². The highest BCUT2D eigenvalue weighted by atomic mass is 32.2. The molecule has 1 N–H and O–H groups in total. The van der Waals surface area contributed by atoms with Crippen LogP contribution in [0.1, 0.15) is 38.1 Å². The summed E-state index contributed by atoms with van der Waals surface area (Å²) in [5.41, 5.74) is 3.12. The highest BCUT2D eigenvalue weighted by Crippen LogP contribution is 2.30. The number of anilines is 3. The number of hydrogen-bond donors (Lipinski definition) is 1. The second kappa shape index (κ2) is 10.2. The van der Waals surface area contributed by atoms with Crippen LogP contribution in [-0.2, 0) is 14.8 Å². The Morgan fingerprint density at radius 3 is 2.17 bits per heavy atom. The Balaban J connectivity index is 1.44. The van der Waals surface area contributed by atoms with E-state index < -0.39 is 10.0 Å². The Labute approximate surface area is 207 Å². The number of sulfonamides is 1. The van der Waals surface area contributed by atoms with Crippen LogP contribution in [-0.4, -0.2) is 42.9 Å². The molecule has 0 aliphatic carbocycles. The zero-order chi connectivity index (χ0) is 25.2. The van der Waals surface area contributed by atoms with Crippen LogP contribution in [0, 0.1) is 19.8 Å². The van der Waals surface area contributed by atoms with E-state index in [1.807, 2.05) is 73.3 Å². The van der Waals surface area contributed by atoms with Gasteiger partial charge in [0, 0.05) is 42.1 Å². The number of aryl methyl sites for hydroxylation is 2. The van der Waals surface area contributed by atoms with Crippen molar-refractivity contribution in [2.75, 3.05) is 23.3 Å². The minimum absolute atomic E-state index is 0.0261. The first-order chi connectivity index (χ1) is 16.7. The molecule has 1 aliphatic heterocycles. The lowest BCUT2D eigenvalue weighted by molar-refractivity contribution is -0.123. The second-order valence-corrected chi connectivity index (χ2v) is 11.0. The molecule has 1 fully saturated rings. The number of nitrogens with one attached hydrogen (secondary N) is 1. The van der Waals surface area contributed by atoms with E-state index in [9.17, 15) is 13.2 Å². The SMILES string of the molecule is Cc1noc(C)c1S(=O)(=O)N1CCC(C(=O)N(c2ccc(Nc3ccccc3)cc2)C(C)C)CC1. The molecule has 1 aliphatic rings. The topological polar surface area (TPSA) is 95.8 Å². The summed E-state index contributed by atoms with van der Waals surface area (Å²) in [6.45, 7) is 7.78. The smallest absolute Gasteiger partial charge is 0.248 e. The molecule has 1 aromatic heterocycles. The number of rotatable bonds is 7. The molecule has 0 spiro atoms. The van der Waals surface area contributed by atoms with Gasteiger partial charge in [-0.15, -0.1) is 0 Å². The molecule has 4 rings (SSSR count). The summed E-state index contributed by atoms with van der Waals surface area (Å²) in [4.78, 5) is 15.5. The molecule has 3 aromatic rings. The highest BCUT2D eigenvalue weighted by molar-refractivity contribution is 7.89. The van der Waals surface area contributed by atoms with Gasteiger partial charge in [-0.05, 0) is 76.9 Å². The minimum atomic E-state index is -3.70. The van der Waals surface area contributed by atoms with Crippen LogP contribution < -0.4 is 10.2 Å². The van der Waals surface area contributed by atoms with E-state index in [0.29, 0.717) is 18.5 Å². The number of nitrogens with zero attached hydrogens (tertiary/aromatic N) is 3. The van der Waals surface area contributed by atoms with E-state index in [0.717, 1.165) is 17.1 Å². The highest BCUT2D eigenvalue weighted by Gasteiger charge is 2.37. The first kappa shape index (κ1) is 24.9. The molecular formula is C26H32N4O4S. The third-order valence-corrected chi connectivity index (χ3v) is 8.47. The lowest BCUT2D eigenvalue weighted by Crippen LogP contribution is -2.46. The molecule has 1 amide bonds. The first-order valence-corrected chi connectivity index (χ1v) is 13.3. The maximum absolute atomic E-state index is 13.5. The summed E-state index contributed by atoms with van der Waals surface area (Å²) in [5, 5.41) is 7.13. The Hall–Kier alpha value is -3.17. The molecule has 0 radical (unpaired) electrons. The zero-order valence-corrected chi connectivity index (χ0v) is 21.4. The van der Waals surface area contributed by atoms with Crippen molar-refractivity contribution in [2.45, 2.75) is 51.5 Å². The molecule has 0 saturated carbocycles. The average molecular weight is 497 g/mol. The fraction of sp³-hybridized carbons (Fsp3) is 0.385. The number of amides is 1. The molecule has 9 heteroatoms. The lowest BCUT2D eigenvalue weighted by Gasteiger charge is -2.35. The van der Waals surface area contributed by atoms with Gasteiger partial charge in [0.05, 0.1) is 0 Å².